The first-order chi connectivity index (χ1) is 16.7. The van der Waals surface area contributed by atoms with Crippen molar-refractivity contribution >= 4 is 17.3 Å². The number of hydrogen-bond donors (Lipinski definition) is 2. The van der Waals surface area contributed by atoms with Gasteiger partial charge < -0.3 is 10.6 Å². The Labute approximate surface area is 200 Å². The molecule has 5 rings (SSSR count). The van der Waals surface area contributed by atoms with E-state index in [0.717, 1.165) is 29.7 Å². The van der Waals surface area contributed by atoms with E-state index in [0.29, 0.717) is 23.9 Å². The van der Waals surface area contributed by atoms with Gasteiger partial charge in [0.1, 0.15) is 23.2 Å². The number of benzene rings is 1. The van der Waals surface area contributed by atoms with Crippen molar-refractivity contribution in [3.8, 4) is 11.5 Å². The average molecular weight is 452 g/mol. The van der Waals surface area contributed by atoms with E-state index in [1.54, 1.807) is 12.4 Å². The molecule has 34 heavy (non-hydrogen) atoms. The Morgan fingerprint density at radius 1 is 0.824 bits per heavy atom. The molecule has 1 saturated carbocycles. The Hall–Kier alpha value is -3.87. The topological polar surface area (TPSA) is 88.5 Å². The van der Waals surface area contributed by atoms with Crippen molar-refractivity contribution in [2.75, 3.05) is 17.2 Å². The largest absolute Gasteiger partial charge is 0.385 e. The third-order valence-electron chi connectivity index (χ3n) is 6.12. The quantitative estimate of drug-likeness (QED) is 0.362. The molecule has 3 heterocycles. The van der Waals surface area contributed by atoms with Gasteiger partial charge in [0.05, 0.1) is 0 Å². The molecule has 172 valence electrons. The maximum absolute atomic E-state index is 4.68. The van der Waals surface area contributed by atoms with Crippen molar-refractivity contribution in [3.05, 3.63) is 84.1 Å². The molecule has 1 fully saturated rings. The zero-order chi connectivity index (χ0) is 23.2. The summed E-state index contributed by atoms with van der Waals surface area (Å²) in [6.07, 6.45) is 9.62. The maximum atomic E-state index is 4.68. The van der Waals surface area contributed by atoms with Crippen molar-refractivity contribution in [1.82, 2.24) is 24.9 Å². The summed E-state index contributed by atoms with van der Waals surface area (Å²) in [6, 6.07) is 18.1. The lowest BCUT2D eigenvalue weighted by molar-refractivity contribution is 0.580. The third-order valence-corrected chi connectivity index (χ3v) is 6.12. The predicted molar refractivity (Wildman–Crippen MR) is 135 cm³/mol. The molecular formula is C27H29N7. The standard InChI is InChI=1S/C27H29N7/c1-19-5-4-8-23(31-19)27-29-16-14-25(34-27)32-24-13-15-28-26(33-24)17-20-9-11-22(12-10-20)30-18-21-6-2-3-7-21/h4-5,8-16,21,30H,2-3,6-7,17-18H2,1H3,(H,28,29,32,33,34). The zero-order valence-electron chi connectivity index (χ0n) is 19.4. The summed E-state index contributed by atoms with van der Waals surface area (Å²) < 4.78 is 0. The number of pyridine rings is 1. The smallest absolute Gasteiger partial charge is 0.180 e. The van der Waals surface area contributed by atoms with Crippen LogP contribution in [0, 0.1) is 12.8 Å². The van der Waals surface area contributed by atoms with Gasteiger partial charge in [0.15, 0.2) is 5.82 Å². The van der Waals surface area contributed by atoms with Crippen molar-refractivity contribution in [3.63, 3.8) is 0 Å². The van der Waals surface area contributed by atoms with Crippen LogP contribution in [-0.4, -0.2) is 31.5 Å². The van der Waals surface area contributed by atoms with Gasteiger partial charge in [0, 0.05) is 36.7 Å². The van der Waals surface area contributed by atoms with Gasteiger partial charge in [-0.05, 0) is 67.6 Å². The molecule has 0 saturated heterocycles. The third kappa shape index (κ3) is 5.73. The molecule has 0 aliphatic heterocycles. The van der Waals surface area contributed by atoms with Gasteiger partial charge in [-0.15, -0.1) is 0 Å². The van der Waals surface area contributed by atoms with E-state index in [2.05, 4.69) is 59.8 Å². The molecule has 0 spiro atoms. The highest BCUT2D eigenvalue weighted by atomic mass is 15.1. The first-order valence-corrected chi connectivity index (χ1v) is 11.9. The van der Waals surface area contributed by atoms with Gasteiger partial charge in [0.2, 0.25) is 0 Å². The molecule has 4 aromatic rings. The lowest BCUT2D eigenvalue weighted by Crippen LogP contribution is -2.10. The molecule has 0 radical (unpaired) electrons. The minimum atomic E-state index is 0.574. The van der Waals surface area contributed by atoms with Gasteiger partial charge in [-0.25, -0.2) is 24.9 Å². The number of aryl methyl sites for hydroxylation is 1. The average Bonchev–Trinajstić information content (AvgIpc) is 3.38. The first kappa shape index (κ1) is 21.9. The Morgan fingerprint density at radius 2 is 1.59 bits per heavy atom. The summed E-state index contributed by atoms with van der Waals surface area (Å²) in [5.74, 6) is 3.51. The molecule has 0 amide bonds. The summed E-state index contributed by atoms with van der Waals surface area (Å²) >= 11 is 0. The molecule has 0 bridgehead atoms. The van der Waals surface area contributed by atoms with E-state index in [1.807, 2.05) is 37.3 Å². The summed E-state index contributed by atoms with van der Waals surface area (Å²) in [5, 5.41) is 6.84. The van der Waals surface area contributed by atoms with Crippen LogP contribution in [0.15, 0.2) is 67.0 Å². The fourth-order valence-electron chi connectivity index (χ4n) is 4.30. The van der Waals surface area contributed by atoms with E-state index in [9.17, 15) is 0 Å². The van der Waals surface area contributed by atoms with Crippen molar-refractivity contribution < 1.29 is 0 Å². The van der Waals surface area contributed by atoms with E-state index in [-0.39, 0.29) is 0 Å². The number of nitrogens with one attached hydrogen (secondary N) is 2. The van der Waals surface area contributed by atoms with Gasteiger partial charge in [-0.1, -0.05) is 31.0 Å². The molecule has 7 heteroatoms. The highest BCUT2D eigenvalue weighted by molar-refractivity contribution is 5.56. The highest BCUT2D eigenvalue weighted by Crippen LogP contribution is 2.25. The van der Waals surface area contributed by atoms with Crippen LogP contribution in [0.25, 0.3) is 11.5 Å². The summed E-state index contributed by atoms with van der Waals surface area (Å²) in [7, 11) is 0. The number of anilines is 3. The first-order valence-electron chi connectivity index (χ1n) is 11.9. The van der Waals surface area contributed by atoms with E-state index < -0.39 is 0 Å². The van der Waals surface area contributed by atoms with Crippen LogP contribution in [0.1, 0.15) is 42.8 Å². The molecule has 1 aromatic carbocycles. The second-order valence-electron chi connectivity index (χ2n) is 8.82. The Bertz CT molecular complexity index is 1230. The minimum absolute atomic E-state index is 0.574. The molecule has 1 aliphatic carbocycles. The van der Waals surface area contributed by atoms with Gasteiger partial charge in [-0.3, -0.25) is 0 Å². The lowest BCUT2D eigenvalue weighted by Gasteiger charge is -2.12. The number of aromatic nitrogens is 5. The highest BCUT2D eigenvalue weighted by Gasteiger charge is 2.14. The molecular weight excluding hydrogens is 422 g/mol. The molecule has 2 N–H and O–H groups in total. The van der Waals surface area contributed by atoms with E-state index in [1.165, 1.54) is 36.9 Å². The fraction of sp³-hybridized carbons (Fsp3) is 0.296. The van der Waals surface area contributed by atoms with Gasteiger partial charge >= 0.3 is 0 Å². The maximum Gasteiger partial charge on any atom is 0.180 e. The van der Waals surface area contributed by atoms with Crippen LogP contribution in [-0.2, 0) is 6.42 Å². The van der Waals surface area contributed by atoms with Crippen molar-refractivity contribution in [1.29, 1.82) is 0 Å². The molecule has 0 unspecified atom stereocenters. The van der Waals surface area contributed by atoms with Gasteiger partial charge in [0.25, 0.3) is 0 Å². The number of nitrogens with zero attached hydrogens (tertiary/aromatic N) is 5. The second-order valence-corrected chi connectivity index (χ2v) is 8.82. The fourth-order valence-corrected chi connectivity index (χ4v) is 4.30. The molecule has 0 atom stereocenters. The van der Waals surface area contributed by atoms with Crippen LogP contribution in [0.2, 0.25) is 0 Å². The molecule has 7 nitrogen and oxygen atoms in total. The Kier molecular flexibility index (Phi) is 6.70. The Morgan fingerprint density at radius 3 is 2.38 bits per heavy atom. The number of rotatable bonds is 8. The second kappa shape index (κ2) is 10.4. The minimum Gasteiger partial charge on any atom is -0.385 e. The SMILES string of the molecule is Cc1cccc(-c2nccc(Nc3ccnc(Cc4ccc(NCC5CCCC5)cc4)n3)n2)n1. The summed E-state index contributed by atoms with van der Waals surface area (Å²) in [6.45, 7) is 3.02. The predicted octanol–water partition coefficient (Wildman–Crippen LogP) is 5.57. The van der Waals surface area contributed by atoms with Crippen LogP contribution < -0.4 is 10.6 Å². The van der Waals surface area contributed by atoms with Crippen LogP contribution in [0.5, 0.6) is 0 Å². The summed E-state index contributed by atoms with van der Waals surface area (Å²) in [4.78, 5) is 22.6. The molecule has 3 aromatic heterocycles. The van der Waals surface area contributed by atoms with Crippen LogP contribution in [0.3, 0.4) is 0 Å². The van der Waals surface area contributed by atoms with Crippen molar-refractivity contribution in [2.24, 2.45) is 5.92 Å². The number of hydrogen-bond acceptors (Lipinski definition) is 7. The van der Waals surface area contributed by atoms with Crippen LogP contribution >= 0.6 is 0 Å². The summed E-state index contributed by atoms with van der Waals surface area (Å²) in [5.41, 5.74) is 4.03. The lowest BCUT2D eigenvalue weighted by atomic mass is 10.1. The van der Waals surface area contributed by atoms with Crippen molar-refractivity contribution in [2.45, 2.75) is 39.0 Å². The van der Waals surface area contributed by atoms with Crippen LogP contribution in [0.4, 0.5) is 17.3 Å². The van der Waals surface area contributed by atoms with Gasteiger partial charge in [-0.2, -0.15) is 0 Å². The monoisotopic (exact) mass is 451 g/mol. The normalized spacial score (nSPS) is 13.7. The zero-order valence-corrected chi connectivity index (χ0v) is 19.4. The molecule has 1 aliphatic rings. The van der Waals surface area contributed by atoms with E-state index in [4.69, 9.17) is 0 Å². The van der Waals surface area contributed by atoms with E-state index >= 15 is 0 Å². The Balaban J connectivity index is 1.22.